The lowest BCUT2D eigenvalue weighted by atomic mass is 10.1. The molecule has 2 rings (SSSR count). The van der Waals surface area contributed by atoms with Crippen molar-refractivity contribution < 1.29 is 8.42 Å². The molecule has 1 saturated heterocycles. The average molecular weight is 353 g/mol. The van der Waals surface area contributed by atoms with Gasteiger partial charge in [-0.25, -0.2) is 8.42 Å². The van der Waals surface area contributed by atoms with Gasteiger partial charge in [0, 0.05) is 39.8 Å². The number of nitrogens with zero attached hydrogens (tertiary/aromatic N) is 2. The second-order valence-electron chi connectivity index (χ2n) is 6.28. The van der Waals surface area contributed by atoms with Crippen LogP contribution in [0, 0.1) is 13.8 Å². The highest BCUT2D eigenvalue weighted by atomic mass is 32.2. The summed E-state index contributed by atoms with van der Waals surface area (Å²) >= 11 is 0. The molecular formula is C17H28N4O2S. The quantitative estimate of drug-likeness (QED) is 0.603. The van der Waals surface area contributed by atoms with Gasteiger partial charge in [-0.2, -0.15) is 0 Å². The SMILES string of the molecule is CN=C(NCCN1CCS(=O)(=O)CC1)NCc1ccc(C)cc1C. The number of aryl methyl sites for hydroxylation is 2. The van der Waals surface area contributed by atoms with Crippen LogP contribution >= 0.6 is 0 Å². The van der Waals surface area contributed by atoms with E-state index in [1.807, 2.05) is 0 Å². The molecule has 0 unspecified atom stereocenters. The monoisotopic (exact) mass is 352 g/mol. The maximum atomic E-state index is 11.4. The summed E-state index contributed by atoms with van der Waals surface area (Å²) in [7, 11) is -1.05. The summed E-state index contributed by atoms with van der Waals surface area (Å²) in [4.78, 5) is 6.41. The van der Waals surface area contributed by atoms with Gasteiger partial charge < -0.3 is 10.6 Å². The molecule has 0 amide bonds. The highest BCUT2D eigenvalue weighted by Crippen LogP contribution is 2.10. The molecule has 1 aliphatic rings. The molecule has 24 heavy (non-hydrogen) atoms. The highest BCUT2D eigenvalue weighted by molar-refractivity contribution is 7.91. The van der Waals surface area contributed by atoms with Crippen molar-refractivity contribution in [3.8, 4) is 0 Å². The number of aliphatic imine (C=N–C) groups is 1. The molecule has 0 saturated carbocycles. The maximum absolute atomic E-state index is 11.4. The van der Waals surface area contributed by atoms with Crippen LogP contribution in [0.15, 0.2) is 23.2 Å². The molecule has 1 fully saturated rings. The molecule has 0 aliphatic carbocycles. The van der Waals surface area contributed by atoms with Crippen molar-refractivity contribution in [3.05, 3.63) is 34.9 Å². The lowest BCUT2D eigenvalue weighted by molar-refractivity contribution is 0.299. The van der Waals surface area contributed by atoms with Gasteiger partial charge in [0.25, 0.3) is 0 Å². The molecule has 0 spiro atoms. The van der Waals surface area contributed by atoms with E-state index in [2.05, 4.69) is 52.6 Å². The zero-order chi connectivity index (χ0) is 17.6. The van der Waals surface area contributed by atoms with Crippen molar-refractivity contribution in [2.75, 3.05) is 44.7 Å². The predicted molar refractivity (Wildman–Crippen MR) is 99.2 cm³/mol. The van der Waals surface area contributed by atoms with Crippen LogP contribution in [-0.2, 0) is 16.4 Å². The number of nitrogens with one attached hydrogen (secondary N) is 2. The molecule has 2 N–H and O–H groups in total. The third-order valence-corrected chi connectivity index (χ3v) is 5.93. The first kappa shape index (κ1) is 18.7. The van der Waals surface area contributed by atoms with Crippen LogP contribution < -0.4 is 10.6 Å². The van der Waals surface area contributed by atoms with E-state index < -0.39 is 9.84 Å². The Balaban J connectivity index is 1.73. The molecule has 134 valence electrons. The van der Waals surface area contributed by atoms with E-state index in [4.69, 9.17) is 0 Å². The molecule has 0 atom stereocenters. The van der Waals surface area contributed by atoms with Gasteiger partial charge in [0.05, 0.1) is 11.5 Å². The van der Waals surface area contributed by atoms with Gasteiger partial charge >= 0.3 is 0 Å². The van der Waals surface area contributed by atoms with E-state index in [0.717, 1.165) is 25.6 Å². The predicted octanol–water partition coefficient (Wildman–Crippen LogP) is 0.699. The van der Waals surface area contributed by atoms with Crippen LogP contribution in [0.5, 0.6) is 0 Å². The van der Waals surface area contributed by atoms with E-state index in [1.54, 1.807) is 7.05 Å². The fourth-order valence-electron chi connectivity index (χ4n) is 2.75. The molecule has 1 heterocycles. The second kappa shape index (κ2) is 8.48. The lowest BCUT2D eigenvalue weighted by Gasteiger charge is -2.26. The Bertz CT molecular complexity index is 672. The summed E-state index contributed by atoms with van der Waals surface area (Å²) in [5, 5.41) is 6.61. The maximum Gasteiger partial charge on any atom is 0.191 e. The van der Waals surface area contributed by atoms with Crippen LogP contribution in [-0.4, -0.2) is 64.0 Å². The van der Waals surface area contributed by atoms with E-state index in [0.29, 0.717) is 13.1 Å². The Morgan fingerprint density at radius 1 is 1.21 bits per heavy atom. The van der Waals surface area contributed by atoms with E-state index in [-0.39, 0.29) is 11.5 Å². The van der Waals surface area contributed by atoms with Gasteiger partial charge in [0.1, 0.15) is 0 Å². The Morgan fingerprint density at radius 2 is 1.92 bits per heavy atom. The number of rotatable bonds is 5. The summed E-state index contributed by atoms with van der Waals surface area (Å²) in [6, 6.07) is 6.43. The normalized spacial score (nSPS) is 18.4. The van der Waals surface area contributed by atoms with Gasteiger partial charge in [-0.1, -0.05) is 23.8 Å². The zero-order valence-corrected chi connectivity index (χ0v) is 15.6. The minimum atomic E-state index is -2.81. The van der Waals surface area contributed by atoms with Crippen LogP contribution in [0.4, 0.5) is 0 Å². The topological polar surface area (TPSA) is 73.8 Å². The Morgan fingerprint density at radius 3 is 2.54 bits per heavy atom. The van der Waals surface area contributed by atoms with Gasteiger partial charge in [-0.3, -0.25) is 9.89 Å². The molecule has 0 radical (unpaired) electrons. The number of hydrogen-bond donors (Lipinski definition) is 2. The average Bonchev–Trinajstić information content (AvgIpc) is 2.53. The summed E-state index contributed by atoms with van der Waals surface area (Å²) in [5.74, 6) is 1.30. The van der Waals surface area contributed by atoms with Crippen molar-refractivity contribution in [1.82, 2.24) is 15.5 Å². The minimum absolute atomic E-state index is 0.271. The van der Waals surface area contributed by atoms with E-state index >= 15 is 0 Å². The van der Waals surface area contributed by atoms with Crippen LogP contribution in [0.2, 0.25) is 0 Å². The number of sulfone groups is 1. The van der Waals surface area contributed by atoms with E-state index in [9.17, 15) is 8.42 Å². The largest absolute Gasteiger partial charge is 0.355 e. The fourth-order valence-corrected chi connectivity index (χ4v) is 4.03. The van der Waals surface area contributed by atoms with Crippen molar-refractivity contribution >= 4 is 15.8 Å². The van der Waals surface area contributed by atoms with Gasteiger partial charge in [-0.05, 0) is 25.0 Å². The first-order chi connectivity index (χ1) is 11.4. The minimum Gasteiger partial charge on any atom is -0.355 e. The van der Waals surface area contributed by atoms with E-state index in [1.165, 1.54) is 16.7 Å². The van der Waals surface area contributed by atoms with Crippen LogP contribution in [0.25, 0.3) is 0 Å². The lowest BCUT2D eigenvalue weighted by Crippen LogP contribution is -2.45. The third kappa shape index (κ3) is 5.79. The Labute approximate surface area is 145 Å². The smallest absolute Gasteiger partial charge is 0.191 e. The first-order valence-corrected chi connectivity index (χ1v) is 10.2. The van der Waals surface area contributed by atoms with Crippen molar-refractivity contribution in [2.24, 2.45) is 4.99 Å². The number of hydrogen-bond acceptors (Lipinski definition) is 4. The van der Waals surface area contributed by atoms with Crippen LogP contribution in [0.1, 0.15) is 16.7 Å². The highest BCUT2D eigenvalue weighted by Gasteiger charge is 2.20. The molecule has 1 aromatic rings. The summed E-state index contributed by atoms with van der Waals surface area (Å²) < 4.78 is 22.8. The molecule has 6 nitrogen and oxygen atoms in total. The zero-order valence-electron chi connectivity index (χ0n) is 14.8. The first-order valence-electron chi connectivity index (χ1n) is 8.33. The third-order valence-electron chi connectivity index (χ3n) is 4.33. The standard InChI is InChI=1S/C17H28N4O2S/c1-14-4-5-16(15(2)12-14)13-20-17(18-3)19-6-7-21-8-10-24(22,23)11-9-21/h4-5,12H,6-11,13H2,1-3H3,(H2,18,19,20). The van der Waals surface area contributed by atoms with Crippen molar-refractivity contribution in [1.29, 1.82) is 0 Å². The van der Waals surface area contributed by atoms with Crippen molar-refractivity contribution in [3.63, 3.8) is 0 Å². The molecule has 0 aromatic heterocycles. The second-order valence-corrected chi connectivity index (χ2v) is 8.58. The Kier molecular flexibility index (Phi) is 6.62. The molecule has 1 aliphatic heterocycles. The molecule has 7 heteroatoms. The summed E-state index contributed by atoms with van der Waals surface area (Å²) in [6.45, 7) is 7.75. The summed E-state index contributed by atoms with van der Waals surface area (Å²) in [6.07, 6.45) is 0. The van der Waals surface area contributed by atoms with Crippen molar-refractivity contribution in [2.45, 2.75) is 20.4 Å². The van der Waals surface area contributed by atoms with Gasteiger partial charge in [0.15, 0.2) is 15.8 Å². The van der Waals surface area contributed by atoms with Gasteiger partial charge in [-0.15, -0.1) is 0 Å². The van der Waals surface area contributed by atoms with Gasteiger partial charge in [0.2, 0.25) is 0 Å². The fraction of sp³-hybridized carbons (Fsp3) is 0.588. The summed E-state index contributed by atoms with van der Waals surface area (Å²) in [5.41, 5.74) is 3.79. The molecular weight excluding hydrogens is 324 g/mol. The van der Waals surface area contributed by atoms with Crippen LogP contribution in [0.3, 0.4) is 0 Å². The number of guanidine groups is 1. The molecule has 1 aromatic carbocycles. The molecule has 0 bridgehead atoms. The number of benzene rings is 1. The Hall–Kier alpha value is -1.60.